The highest BCUT2D eigenvalue weighted by Crippen LogP contribution is 2.37. The van der Waals surface area contributed by atoms with Gasteiger partial charge in [-0.1, -0.05) is 31.5 Å². The van der Waals surface area contributed by atoms with E-state index in [0.29, 0.717) is 22.4 Å². The smallest absolute Gasteiger partial charge is 0.402 e. The highest BCUT2D eigenvalue weighted by atomic mass is 35.5. The number of halogens is 4. The fourth-order valence-electron chi connectivity index (χ4n) is 3.36. The number of carbonyl (C=O) groups excluding carboxylic acids is 1. The molecule has 0 saturated heterocycles. The van der Waals surface area contributed by atoms with E-state index in [1.807, 2.05) is 19.9 Å². The zero-order valence-corrected chi connectivity index (χ0v) is 21.1. The number of methoxy groups -OCH3 is 1. The van der Waals surface area contributed by atoms with Crippen LogP contribution in [0.2, 0.25) is 5.02 Å². The summed E-state index contributed by atoms with van der Waals surface area (Å²) in [5.41, 5.74) is -0.898. The van der Waals surface area contributed by atoms with E-state index in [9.17, 15) is 22.8 Å². The summed E-state index contributed by atoms with van der Waals surface area (Å²) in [5.74, 6) is -0.0271. The van der Waals surface area contributed by atoms with Crippen molar-refractivity contribution in [2.45, 2.75) is 46.3 Å². The summed E-state index contributed by atoms with van der Waals surface area (Å²) in [6.07, 6.45) is -4.70. The van der Waals surface area contributed by atoms with Gasteiger partial charge in [0.2, 0.25) is 5.91 Å². The zero-order chi connectivity index (χ0) is 26.8. The maximum Gasteiger partial charge on any atom is 0.402 e. The van der Waals surface area contributed by atoms with Crippen molar-refractivity contribution < 1.29 is 22.7 Å². The van der Waals surface area contributed by atoms with E-state index in [1.165, 1.54) is 6.07 Å². The minimum atomic E-state index is -4.70. The number of alkyl halides is 3. The van der Waals surface area contributed by atoms with Crippen molar-refractivity contribution in [1.29, 1.82) is 0 Å². The number of rotatable bonds is 7. The predicted molar refractivity (Wildman–Crippen MR) is 131 cm³/mol. The second kappa shape index (κ2) is 10.3. The third-order valence-corrected chi connectivity index (χ3v) is 6.11. The normalized spacial score (nSPS) is 12.1. The van der Waals surface area contributed by atoms with Crippen molar-refractivity contribution in [2.75, 3.05) is 7.11 Å². The molecule has 1 amide bonds. The molecule has 0 aliphatic rings. The molecule has 0 bridgehead atoms. The quantitative estimate of drug-likeness (QED) is 0.428. The van der Waals surface area contributed by atoms with E-state index in [4.69, 9.17) is 16.3 Å². The maximum atomic E-state index is 13.1. The van der Waals surface area contributed by atoms with Gasteiger partial charge in [0, 0.05) is 17.7 Å². The zero-order valence-electron chi connectivity index (χ0n) is 20.4. The van der Waals surface area contributed by atoms with Gasteiger partial charge in [-0.05, 0) is 61.2 Å². The molecule has 0 unspecified atom stereocenters. The number of hydrogen-bond donors (Lipinski definition) is 2. The topological polar surface area (TPSA) is 97.0 Å². The van der Waals surface area contributed by atoms with Crippen LogP contribution in [0.15, 0.2) is 41.2 Å². The first-order valence-electron chi connectivity index (χ1n) is 11.0. The molecule has 36 heavy (non-hydrogen) atoms. The van der Waals surface area contributed by atoms with Gasteiger partial charge in [-0.15, -0.1) is 0 Å². The molecule has 0 radical (unpaired) electrons. The van der Waals surface area contributed by atoms with Crippen LogP contribution in [0.3, 0.4) is 0 Å². The van der Waals surface area contributed by atoms with Crippen molar-refractivity contribution >= 4 is 17.5 Å². The molecule has 192 valence electrons. The Kier molecular flexibility index (Phi) is 7.78. The summed E-state index contributed by atoms with van der Waals surface area (Å²) in [6, 6.07) is 9.96. The fraction of sp³-hybridized carbons (Fsp3) is 0.360. The average molecular weight is 523 g/mol. The van der Waals surface area contributed by atoms with Crippen molar-refractivity contribution in [3.05, 3.63) is 63.0 Å². The third kappa shape index (κ3) is 5.70. The number of carbonyl (C=O) groups is 1. The molecule has 1 aromatic heterocycles. The molecule has 11 heteroatoms. The van der Waals surface area contributed by atoms with Gasteiger partial charge in [0.15, 0.2) is 5.82 Å². The molecule has 0 spiro atoms. The number of nitrogens with zero attached hydrogens (tertiary/aromatic N) is 2. The van der Waals surface area contributed by atoms with Crippen molar-refractivity contribution in [2.24, 2.45) is 5.41 Å². The predicted octanol–water partition coefficient (Wildman–Crippen LogP) is 5.49. The lowest BCUT2D eigenvalue weighted by Gasteiger charge is -2.26. The third-order valence-electron chi connectivity index (χ3n) is 5.78. The van der Waals surface area contributed by atoms with E-state index in [0.717, 1.165) is 19.4 Å². The monoisotopic (exact) mass is 522 g/mol. The molecule has 3 rings (SSSR count). The van der Waals surface area contributed by atoms with E-state index < -0.39 is 23.2 Å². The van der Waals surface area contributed by atoms with Gasteiger partial charge in [-0.3, -0.25) is 9.78 Å². The number of nitrogens with one attached hydrogen (secondary N) is 2. The molecule has 7 nitrogen and oxygen atoms in total. The number of benzene rings is 2. The van der Waals surface area contributed by atoms with E-state index in [1.54, 1.807) is 31.4 Å². The fourth-order valence-corrected chi connectivity index (χ4v) is 3.57. The van der Waals surface area contributed by atoms with Crippen molar-refractivity contribution in [1.82, 2.24) is 20.3 Å². The molecule has 0 fully saturated rings. The van der Waals surface area contributed by atoms with Crippen LogP contribution in [-0.4, -0.2) is 34.1 Å². The Bertz CT molecular complexity index is 1340. The largest absolute Gasteiger partial charge is 0.496 e. The van der Waals surface area contributed by atoms with Crippen molar-refractivity contribution in [3.63, 3.8) is 0 Å². The second-order valence-electron chi connectivity index (χ2n) is 9.06. The SMILES string of the molecule is COc1ccc(-c2nc(-c3cc(CNC(=O)C(C)(C)C(F)(F)F)ccc3Cl)[nH]c(=O)n2)cc1C(C)C. The molecule has 0 saturated carbocycles. The van der Waals surface area contributed by atoms with Crippen LogP contribution in [0.4, 0.5) is 13.2 Å². The lowest BCUT2D eigenvalue weighted by atomic mass is 9.91. The second-order valence-corrected chi connectivity index (χ2v) is 9.46. The van der Waals surface area contributed by atoms with E-state index in [2.05, 4.69) is 20.3 Å². The number of H-pyrrole nitrogens is 1. The summed E-state index contributed by atoms with van der Waals surface area (Å²) >= 11 is 6.35. The molecule has 3 aromatic rings. The first-order chi connectivity index (χ1) is 16.7. The number of amides is 1. The Hall–Kier alpha value is -3.40. The first kappa shape index (κ1) is 27.2. The van der Waals surface area contributed by atoms with Crippen LogP contribution in [0.25, 0.3) is 22.8 Å². The Balaban J connectivity index is 1.95. The number of aromatic nitrogens is 3. The highest BCUT2D eigenvalue weighted by molar-refractivity contribution is 6.33. The van der Waals surface area contributed by atoms with Crippen LogP contribution in [-0.2, 0) is 11.3 Å². The first-order valence-corrected chi connectivity index (χ1v) is 11.4. The van der Waals surface area contributed by atoms with Gasteiger partial charge in [-0.2, -0.15) is 18.2 Å². The van der Waals surface area contributed by atoms with Gasteiger partial charge in [0.05, 0.1) is 12.1 Å². The number of ether oxygens (including phenoxy) is 1. The van der Waals surface area contributed by atoms with Gasteiger partial charge >= 0.3 is 11.9 Å². The van der Waals surface area contributed by atoms with Gasteiger partial charge < -0.3 is 10.1 Å². The average Bonchev–Trinajstić information content (AvgIpc) is 2.81. The van der Waals surface area contributed by atoms with Gasteiger partial charge in [0.25, 0.3) is 0 Å². The summed E-state index contributed by atoms with van der Waals surface area (Å²) in [6.45, 7) is 5.46. The molecule has 0 aliphatic carbocycles. The van der Waals surface area contributed by atoms with E-state index in [-0.39, 0.29) is 29.1 Å². The molecule has 2 N–H and O–H groups in total. The maximum absolute atomic E-state index is 13.1. The Morgan fingerprint density at radius 1 is 1.14 bits per heavy atom. The van der Waals surface area contributed by atoms with Gasteiger partial charge in [0.1, 0.15) is 17.0 Å². The van der Waals surface area contributed by atoms with Crippen LogP contribution in [0.1, 0.15) is 44.7 Å². The lowest BCUT2D eigenvalue weighted by Crippen LogP contribution is -2.46. The van der Waals surface area contributed by atoms with E-state index >= 15 is 0 Å². The molecule has 2 aromatic carbocycles. The Labute approximate surface area is 211 Å². The number of hydrogen-bond acceptors (Lipinski definition) is 5. The molecular weight excluding hydrogens is 497 g/mol. The summed E-state index contributed by atoms with van der Waals surface area (Å²) in [7, 11) is 1.57. The molecule has 1 heterocycles. The summed E-state index contributed by atoms with van der Waals surface area (Å²) in [5, 5.41) is 2.55. The molecule has 0 aliphatic heterocycles. The Morgan fingerprint density at radius 2 is 1.83 bits per heavy atom. The molecular formula is C25H26ClF3N4O3. The summed E-state index contributed by atoms with van der Waals surface area (Å²) < 4.78 is 44.8. The molecule has 0 atom stereocenters. The summed E-state index contributed by atoms with van der Waals surface area (Å²) in [4.78, 5) is 35.5. The Morgan fingerprint density at radius 3 is 2.44 bits per heavy atom. The lowest BCUT2D eigenvalue weighted by molar-refractivity contribution is -0.211. The number of aromatic amines is 1. The highest BCUT2D eigenvalue weighted by Gasteiger charge is 2.52. The minimum Gasteiger partial charge on any atom is -0.496 e. The minimum absolute atomic E-state index is 0.126. The van der Waals surface area contributed by atoms with Crippen molar-refractivity contribution in [3.8, 4) is 28.5 Å². The van der Waals surface area contributed by atoms with Crippen LogP contribution in [0.5, 0.6) is 5.75 Å². The van der Waals surface area contributed by atoms with Crippen LogP contribution in [0, 0.1) is 5.41 Å². The van der Waals surface area contributed by atoms with Crippen LogP contribution < -0.4 is 15.7 Å². The standard InChI is InChI=1S/C25H26ClF3N4O3/c1-13(2)16-11-15(7-9-19(16)36-5)20-31-21(33-23(35)32-20)17-10-14(6-8-18(17)26)12-30-22(34)24(3,4)25(27,28)29/h6-11,13H,12H2,1-5H3,(H,30,34)(H,31,32,33,35). The van der Waals surface area contributed by atoms with Crippen LogP contribution >= 0.6 is 11.6 Å². The van der Waals surface area contributed by atoms with Gasteiger partial charge in [-0.25, -0.2) is 9.78 Å².